The first-order valence-corrected chi connectivity index (χ1v) is 10.6. The highest BCUT2D eigenvalue weighted by atomic mass is 79.9. The Morgan fingerprint density at radius 1 is 1.10 bits per heavy atom. The highest BCUT2D eigenvalue weighted by Gasteiger charge is 2.20. The van der Waals surface area contributed by atoms with Gasteiger partial charge in [-0.25, -0.2) is 9.50 Å². The van der Waals surface area contributed by atoms with Gasteiger partial charge in [-0.15, -0.1) is 5.10 Å². The van der Waals surface area contributed by atoms with Crippen molar-refractivity contribution >= 4 is 43.2 Å². The predicted octanol–water partition coefficient (Wildman–Crippen LogP) is 5.56. The molecule has 5 rings (SSSR count). The van der Waals surface area contributed by atoms with Crippen LogP contribution >= 0.6 is 27.3 Å². The number of fused-ring (bicyclic) bond motifs is 2. The molecule has 5 aromatic rings. The van der Waals surface area contributed by atoms with Gasteiger partial charge in [0.25, 0.3) is 5.19 Å². The molecule has 0 N–H and O–H groups in total. The largest absolute Gasteiger partial charge is 0.495 e. The SMILES string of the molecule is COc1nn2cc(-c3cc4c(OCc5ccccc5)cc(OC)c(Br)c4o3)nc2s1. The summed E-state index contributed by atoms with van der Waals surface area (Å²) >= 11 is 4.94. The molecule has 152 valence electrons. The van der Waals surface area contributed by atoms with Crippen molar-refractivity contribution in [3.05, 3.63) is 58.7 Å². The van der Waals surface area contributed by atoms with E-state index >= 15 is 0 Å². The number of imidazole rings is 1. The smallest absolute Gasteiger partial charge is 0.294 e. The van der Waals surface area contributed by atoms with Gasteiger partial charge in [0.1, 0.15) is 28.3 Å². The average molecular weight is 486 g/mol. The Kier molecular flexibility index (Phi) is 4.84. The molecule has 30 heavy (non-hydrogen) atoms. The lowest BCUT2D eigenvalue weighted by atomic mass is 10.2. The quantitative estimate of drug-likeness (QED) is 0.313. The van der Waals surface area contributed by atoms with Gasteiger partial charge in [0.05, 0.1) is 25.8 Å². The molecule has 0 fully saturated rings. The van der Waals surface area contributed by atoms with E-state index in [1.165, 1.54) is 11.3 Å². The molecule has 3 aromatic heterocycles. The minimum absolute atomic E-state index is 0.436. The first-order chi connectivity index (χ1) is 14.7. The molecule has 0 spiro atoms. The van der Waals surface area contributed by atoms with E-state index in [0.29, 0.717) is 40.3 Å². The lowest BCUT2D eigenvalue weighted by molar-refractivity contribution is 0.307. The summed E-state index contributed by atoms with van der Waals surface area (Å²) in [4.78, 5) is 5.32. The van der Waals surface area contributed by atoms with Crippen molar-refractivity contribution in [1.29, 1.82) is 0 Å². The highest BCUT2D eigenvalue weighted by molar-refractivity contribution is 9.10. The highest BCUT2D eigenvalue weighted by Crippen LogP contribution is 2.43. The Hall–Kier alpha value is -3.04. The summed E-state index contributed by atoms with van der Waals surface area (Å²) in [6.07, 6.45) is 1.81. The van der Waals surface area contributed by atoms with Gasteiger partial charge in [-0.3, -0.25) is 0 Å². The van der Waals surface area contributed by atoms with Gasteiger partial charge >= 0.3 is 0 Å². The number of hydrogen-bond donors (Lipinski definition) is 0. The number of ether oxygens (including phenoxy) is 3. The van der Waals surface area contributed by atoms with Crippen molar-refractivity contribution in [2.24, 2.45) is 0 Å². The average Bonchev–Trinajstić information content (AvgIpc) is 3.47. The summed E-state index contributed by atoms with van der Waals surface area (Å²) in [5.41, 5.74) is 2.38. The van der Waals surface area contributed by atoms with E-state index in [0.717, 1.165) is 20.4 Å². The van der Waals surface area contributed by atoms with Crippen LogP contribution in [0.2, 0.25) is 0 Å². The molecule has 0 atom stereocenters. The van der Waals surface area contributed by atoms with Gasteiger partial charge in [-0.05, 0) is 38.9 Å². The maximum atomic E-state index is 6.14. The number of furan rings is 1. The van der Waals surface area contributed by atoms with E-state index < -0.39 is 0 Å². The summed E-state index contributed by atoms with van der Waals surface area (Å²) < 4.78 is 25.3. The lowest BCUT2D eigenvalue weighted by Crippen LogP contribution is -1.96. The minimum atomic E-state index is 0.436. The van der Waals surface area contributed by atoms with Crippen LogP contribution in [0.3, 0.4) is 0 Å². The Bertz CT molecular complexity index is 1310. The van der Waals surface area contributed by atoms with Gasteiger partial charge < -0.3 is 18.6 Å². The van der Waals surface area contributed by atoms with Crippen LogP contribution in [0, 0.1) is 0 Å². The topological polar surface area (TPSA) is 71.0 Å². The van der Waals surface area contributed by atoms with E-state index in [-0.39, 0.29) is 0 Å². The third kappa shape index (κ3) is 3.29. The van der Waals surface area contributed by atoms with Crippen LogP contribution in [0.15, 0.2) is 57.6 Å². The summed E-state index contributed by atoms with van der Waals surface area (Å²) in [6, 6.07) is 13.8. The fourth-order valence-electron chi connectivity index (χ4n) is 3.12. The van der Waals surface area contributed by atoms with Gasteiger partial charge in [0.2, 0.25) is 4.96 Å². The lowest BCUT2D eigenvalue weighted by Gasteiger charge is -2.10. The molecule has 0 saturated carbocycles. The second-order valence-electron chi connectivity index (χ2n) is 6.44. The fourth-order valence-corrected chi connectivity index (χ4v) is 4.39. The number of halogens is 1. The normalized spacial score (nSPS) is 11.3. The zero-order chi connectivity index (χ0) is 20.7. The Morgan fingerprint density at radius 2 is 1.93 bits per heavy atom. The monoisotopic (exact) mass is 485 g/mol. The number of nitrogens with zero attached hydrogens (tertiary/aromatic N) is 3. The van der Waals surface area contributed by atoms with Crippen LogP contribution in [0.5, 0.6) is 16.7 Å². The van der Waals surface area contributed by atoms with Crippen molar-refractivity contribution in [2.75, 3.05) is 14.2 Å². The van der Waals surface area contributed by atoms with Crippen molar-refractivity contribution in [2.45, 2.75) is 6.61 Å². The molecule has 3 heterocycles. The second kappa shape index (κ2) is 7.66. The molecule has 0 unspecified atom stereocenters. The van der Waals surface area contributed by atoms with Crippen LogP contribution < -0.4 is 14.2 Å². The zero-order valence-corrected chi connectivity index (χ0v) is 18.5. The predicted molar refractivity (Wildman–Crippen MR) is 118 cm³/mol. The molecule has 0 aliphatic rings. The van der Waals surface area contributed by atoms with Crippen molar-refractivity contribution in [3.63, 3.8) is 0 Å². The number of methoxy groups -OCH3 is 2. The van der Waals surface area contributed by atoms with E-state index in [1.54, 1.807) is 18.7 Å². The molecule has 0 aliphatic heterocycles. The van der Waals surface area contributed by atoms with Gasteiger partial charge in [0, 0.05) is 6.07 Å². The number of aromatic nitrogens is 3. The summed E-state index contributed by atoms with van der Waals surface area (Å²) in [7, 11) is 3.19. The van der Waals surface area contributed by atoms with Gasteiger partial charge in [0.15, 0.2) is 11.3 Å². The summed E-state index contributed by atoms with van der Waals surface area (Å²) in [6.45, 7) is 0.436. The molecule has 2 aromatic carbocycles. The van der Waals surface area contributed by atoms with Crippen LogP contribution in [0.25, 0.3) is 27.4 Å². The second-order valence-corrected chi connectivity index (χ2v) is 8.16. The molecular formula is C21H16BrN3O4S. The van der Waals surface area contributed by atoms with Crippen LogP contribution in [0.1, 0.15) is 5.56 Å². The van der Waals surface area contributed by atoms with Crippen LogP contribution in [0.4, 0.5) is 0 Å². The van der Waals surface area contributed by atoms with E-state index in [9.17, 15) is 0 Å². The summed E-state index contributed by atoms with van der Waals surface area (Å²) in [5, 5.41) is 5.69. The van der Waals surface area contributed by atoms with Crippen molar-refractivity contribution in [1.82, 2.24) is 14.6 Å². The van der Waals surface area contributed by atoms with E-state index in [2.05, 4.69) is 26.0 Å². The van der Waals surface area contributed by atoms with Crippen LogP contribution in [-0.2, 0) is 6.61 Å². The first-order valence-electron chi connectivity index (χ1n) is 9.03. The molecular weight excluding hydrogens is 470 g/mol. The minimum Gasteiger partial charge on any atom is -0.495 e. The van der Waals surface area contributed by atoms with Crippen molar-refractivity contribution < 1.29 is 18.6 Å². The molecule has 0 saturated heterocycles. The molecule has 0 aliphatic carbocycles. The first kappa shape index (κ1) is 19.0. The van der Waals surface area contributed by atoms with E-state index in [1.807, 2.05) is 48.7 Å². The maximum Gasteiger partial charge on any atom is 0.294 e. The van der Waals surface area contributed by atoms with Crippen LogP contribution in [-0.4, -0.2) is 28.8 Å². The molecule has 0 amide bonds. The van der Waals surface area contributed by atoms with Gasteiger partial charge in [-0.2, -0.15) is 0 Å². The molecule has 0 radical (unpaired) electrons. The maximum absolute atomic E-state index is 6.14. The number of rotatable bonds is 6. The molecule has 9 heteroatoms. The Labute approximate surface area is 183 Å². The van der Waals surface area contributed by atoms with Gasteiger partial charge in [-0.1, -0.05) is 30.3 Å². The molecule has 0 bridgehead atoms. The Morgan fingerprint density at radius 3 is 2.67 bits per heavy atom. The third-order valence-corrected chi connectivity index (χ3v) is 6.22. The number of benzene rings is 2. The number of hydrogen-bond acceptors (Lipinski definition) is 7. The summed E-state index contributed by atoms with van der Waals surface area (Å²) in [5.74, 6) is 1.91. The Balaban J connectivity index is 1.56. The van der Waals surface area contributed by atoms with Crippen molar-refractivity contribution in [3.8, 4) is 28.1 Å². The zero-order valence-electron chi connectivity index (χ0n) is 16.1. The standard InChI is InChI=1S/C21H16BrN3O4S/c1-26-17-9-15(28-11-12-6-4-3-5-7-12)13-8-16(29-19(13)18(17)22)14-10-25-20(23-14)30-21(24-25)27-2/h3-10H,11H2,1-2H3. The van der Waals surface area contributed by atoms with E-state index in [4.69, 9.17) is 18.6 Å². The third-order valence-electron chi connectivity index (χ3n) is 4.58. The molecule has 7 nitrogen and oxygen atoms in total. The fraction of sp³-hybridized carbons (Fsp3) is 0.143.